The Morgan fingerprint density at radius 1 is 0.769 bits per heavy atom. The van der Waals surface area contributed by atoms with Crippen LogP contribution in [0.25, 0.3) is 0 Å². The van der Waals surface area contributed by atoms with Crippen LogP contribution in [0.1, 0.15) is 0 Å². The van der Waals surface area contributed by atoms with Gasteiger partial charge in [0.25, 0.3) is 0 Å². The minimum atomic E-state index is -6.21. The molecule has 0 aromatic carbocycles. The van der Waals surface area contributed by atoms with Crippen molar-refractivity contribution in [2.24, 2.45) is 0 Å². The molecule has 0 N–H and O–H groups in total. The summed E-state index contributed by atoms with van der Waals surface area (Å²) in [6.07, 6.45) is -6.21. The molecule has 13 heavy (non-hydrogen) atoms. The quantitative estimate of drug-likeness (QED) is 0.315. The second-order valence-electron chi connectivity index (χ2n) is 1.85. The van der Waals surface area contributed by atoms with Crippen molar-refractivity contribution in [1.82, 2.24) is 0 Å². The van der Waals surface area contributed by atoms with Crippen LogP contribution in [0.4, 0.5) is 30.7 Å². The zero-order valence-electron chi connectivity index (χ0n) is 5.35. The Balaban J connectivity index is 5.04. The minimum Gasteiger partial charge on any atom is -0.193 e. The van der Waals surface area contributed by atoms with E-state index in [1.54, 1.807) is 0 Å². The Labute approximate surface area is 95.3 Å². The van der Waals surface area contributed by atoms with E-state index in [0.717, 1.165) is 44.1 Å². The van der Waals surface area contributed by atoms with E-state index in [9.17, 15) is 30.7 Å². The third-order valence-corrected chi connectivity index (χ3v) is 5.29. The van der Waals surface area contributed by atoms with E-state index in [1.165, 1.54) is 0 Å². The summed E-state index contributed by atoms with van der Waals surface area (Å²) in [7, 11) is 0. The summed E-state index contributed by atoms with van der Waals surface area (Å²) in [5.74, 6) is -5.96. The van der Waals surface area contributed by atoms with Crippen molar-refractivity contribution in [2.75, 3.05) is 0 Å². The first-order valence-electron chi connectivity index (χ1n) is 2.38. The van der Waals surface area contributed by atoms with E-state index in [-0.39, 0.29) is 0 Å². The second-order valence-corrected chi connectivity index (χ2v) is 14.2. The van der Waals surface area contributed by atoms with E-state index in [4.69, 9.17) is 0 Å². The Hall–Kier alpha value is 1.40. The van der Waals surface area contributed by atoms with E-state index >= 15 is 0 Å². The van der Waals surface area contributed by atoms with Gasteiger partial charge in [0.2, 0.25) is 0 Å². The number of hydrogen-bond donors (Lipinski definition) is 0. The van der Waals surface area contributed by atoms with E-state index < -0.39 is 21.0 Å². The molecule has 0 bridgehead atoms. The maximum atomic E-state index is 12.4. The molecule has 0 rings (SSSR count). The molecular formula is C3F7I2P. The first kappa shape index (κ1) is 14.4. The average molecular weight is 454 g/mol. The van der Waals surface area contributed by atoms with Gasteiger partial charge in [0.15, 0.2) is 0 Å². The van der Waals surface area contributed by atoms with Gasteiger partial charge >= 0.3 is 17.8 Å². The van der Waals surface area contributed by atoms with Crippen LogP contribution in [0.3, 0.4) is 0 Å². The number of halogens is 9. The summed E-state index contributed by atoms with van der Waals surface area (Å²) in [5.41, 5.74) is -5.04. The molecule has 0 aliphatic rings. The lowest BCUT2D eigenvalue weighted by molar-refractivity contribution is -0.330. The normalized spacial score (nSPS) is 15.2. The average Bonchev–Trinajstić information content (AvgIpc) is 1.84. The van der Waals surface area contributed by atoms with Gasteiger partial charge in [-0.05, 0) is 44.1 Å². The number of hydrogen-bond acceptors (Lipinski definition) is 0. The van der Waals surface area contributed by atoms with E-state index in [0.29, 0.717) is 0 Å². The highest BCUT2D eigenvalue weighted by molar-refractivity contribution is 14.3. The second kappa shape index (κ2) is 4.11. The van der Waals surface area contributed by atoms with Crippen molar-refractivity contribution in [3.8, 4) is 0 Å². The SMILES string of the molecule is FC(F)(F)C(F)(F)C(F)(F)P(I)I. The van der Waals surface area contributed by atoms with Crippen molar-refractivity contribution in [3.63, 3.8) is 0 Å². The molecule has 0 heterocycles. The Morgan fingerprint density at radius 2 is 1.08 bits per heavy atom. The van der Waals surface area contributed by atoms with Gasteiger partial charge in [-0.2, -0.15) is 30.7 Å². The zero-order valence-corrected chi connectivity index (χ0v) is 10.6. The molecule has 0 aromatic heterocycles. The molecule has 0 aliphatic carbocycles. The van der Waals surface area contributed by atoms with Gasteiger partial charge in [0, 0.05) is 0 Å². The van der Waals surface area contributed by atoms with Crippen molar-refractivity contribution in [1.29, 1.82) is 0 Å². The first-order chi connectivity index (χ1) is 5.44. The highest BCUT2D eigenvalue weighted by atomic mass is 127. The summed E-state index contributed by atoms with van der Waals surface area (Å²) in [5, 5.41) is 0. The molecule has 0 saturated carbocycles. The molecule has 0 unspecified atom stereocenters. The molecule has 10 heteroatoms. The number of alkyl halides is 7. The maximum Gasteiger partial charge on any atom is 0.460 e. The third-order valence-electron chi connectivity index (χ3n) is 0.946. The molecule has 0 spiro atoms. The predicted octanol–water partition coefficient (Wildman–Crippen LogP) is 4.96. The van der Waals surface area contributed by atoms with Crippen LogP contribution in [0.5, 0.6) is 0 Å². The highest BCUT2D eigenvalue weighted by Gasteiger charge is 2.75. The molecule has 0 fully saturated rings. The summed E-state index contributed by atoms with van der Waals surface area (Å²) in [6, 6.07) is 0. The van der Waals surface area contributed by atoms with Gasteiger partial charge in [-0.15, -0.1) is 0 Å². The number of rotatable bonds is 2. The maximum absolute atomic E-state index is 12.4. The van der Waals surface area contributed by atoms with Crippen LogP contribution in [0.15, 0.2) is 0 Å². The fraction of sp³-hybridized carbons (Fsp3) is 1.00. The zero-order chi connectivity index (χ0) is 11.1. The Bertz CT molecular complexity index is 187. The van der Waals surface area contributed by atoms with Gasteiger partial charge in [-0.1, -0.05) is 0 Å². The van der Waals surface area contributed by atoms with Crippen molar-refractivity contribution < 1.29 is 30.7 Å². The third kappa shape index (κ3) is 2.70. The van der Waals surface area contributed by atoms with Crippen molar-refractivity contribution >= 4 is 47.3 Å². The topological polar surface area (TPSA) is 0 Å². The van der Waals surface area contributed by atoms with Gasteiger partial charge in [-0.25, -0.2) is 0 Å². The molecule has 0 atom stereocenters. The highest BCUT2D eigenvalue weighted by Crippen LogP contribution is 2.71. The molecule has 0 nitrogen and oxygen atoms in total. The molecule has 80 valence electrons. The van der Waals surface area contributed by atoms with Crippen LogP contribution in [-0.2, 0) is 0 Å². The molecule has 0 amide bonds. The molecule has 0 saturated heterocycles. The van der Waals surface area contributed by atoms with Crippen molar-refractivity contribution in [3.05, 3.63) is 0 Å². The smallest absolute Gasteiger partial charge is 0.193 e. The Morgan fingerprint density at radius 3 is 1.15 bits per heavy atom. The lowest BCUT2D eigenvalue weighted by atomic mass is 10.3. The van der Waals surface area contributed by atoms with Gasteiger partial charge in [0.05, 0.1) is 0 Å². The molecule has 0 aliphatic heterocycles. The molecular weight excluding hydrogens is 454 g/mol. The standard InChI is InChI=1S/C3F7I2P/c4-1(5,2(6,7)8)3(9,10)13(11)12. The van der Waals surface area contributed by atoms with E-state index in [1.807, 2.05) is 0 Å². The molecule has 0 radical (unpaired) electrons. The van der Waals surface area contributed by atoms with Crippen LogP contribution in [-0.4, -0.2) is 17.8 Å². The largest absolute Gasteiger partial charge is 0.460 e. The lowest BCUT2D eigenvalue weighted by Gasteiger charge is -2.28. The van der Waals surface area contributed by atoms with Gasteiger partial charge in [-0.3, -0.25) is 0 Å². The Kier molecular flexibility index (Phi) is 4.55. The van der Waals surface area contributed by atoms with Crippen LogP contribution >= 0.6 is 47.3 Å². The van der Waals surface area contributed by atoms with Gasteiger partial charge < -0.3 is 0 Å². The lowest BCUT2D eigenvalue weighted by Crippen LogP contribution is -2.49. The monoisotopic (exact) mass is 454 g/mol. The van der Waals surface area contributed by atoms with Crippen LogP contribution < -0.4 is 0 Å². The van der Waals surface area contributed by atoms with Crippen LogP contribution in [0, 0.1) is 0 Å². The summed E-state index contributed by atoms with van der Waals surface area (Å²) < 4.78 is 80.5. The first-order valence-corrected chi connectivity index (χ1v) is 9.30. The summed E-state index contributed by atoms with van der Waals surface area (Å²) >= 11 is 1.74. The van der Waals surface area contributed by atoms with E-state index in [2.05, 4.69) is 0 Å². The fourth-order valence-corrected chi connectivity index (χ4v) is 2.43. The fourth-order valence-electron chi connectivity index (χ4n) is 0.277. The predicted molar refractivity (Wildman–Crippen MR) is 50.9 cm³/mol. The van der Waals surface area contributed by atoms with Crippen LogP contribution in [0.2, 0.25) is 0 Å². The van der Waals surface area contributed by atoms with Gasteiger partial charge in [0.1, 0.15) is 3.21 Å². The minimum absolute atomic E-state index is 0.872. The van der Waals surface area contributed by atoms with Crippen molar-refractivity contribution in [2.45, 2.75) is 17.8 Å². The summed E-state index contributed by atoms with van der Waals surface area (Å²) in [4.78, 5) is 0. The molecule has 0 aromatic rings. The summed E-state index contributed by atoms with van der Waals surface area (Å²) in [6.45, 7) is 0.